The van der Waals surface area contributed by atoms with E-state index in [9.17, 15) is 0 Å². The van der Waals surface area contributed by atoms with Crippen LogP contribution in [-0.2, 0) is 0 Å². The molecule has 0 aliphatic rings. The van der Waals surface area contributed by atoms with Crippen LogP contribution in [0.3, 0.4) is 0 Å². The van der Waals surface area contributed by atoms with E-state index in [0.29, 0.717) is 0 Å². The van der Waals surface area contributed by atoms with E-state index in [2.05, 4.69) is 205 Å². The highest BCUT2D eigenvalue weighted by Gasteiger charge is 2.20. The molecule has 3 nitrogen and oxygen atoms in total. The molecule has 0 atom stereocenters. The number of nitrogens with zero attached hydrogens (tertiary/aromatic N) is 3. The second-order valence-electron chi connectivity index (χ2n) is 15.7. The van der Waals surface area contributed by atoms with Crippen molar-refractivity contribution in [2.24, 2.45) is 0 Å². The predicted molar refractivity (Wildman–Crippen MR) is 249 cm³/mol. The summed E-state index contributed by atoms with van der Waals surface area (Å²) in [6, 6.07) is 73.2. The quantitative estimate of drug-likeness (QED) is 0.133. The molecule has 13 rings (SSSR count). The number of imidazole rings is 1. The first kappa shape index (κ1) is 32.2. The van der Waals surface area contributed by atoms with Gasteiger partial charge in [-0.15, -0.1) is 0 Å². The number of rotatable bonds is 3. The lowest BCUT2D eigenvalue weighted by molar-refractivity contribution is 1.30. The van der Waals surface area contributed by atoms with Crippen LogP contribution in [0, 0.1) is 0 Å². The molecule has 0 bridgehead atoms. The Balaban J connectivity index is 1.12. The lowest BCUT2D eigenvalue weighted by atomic mass is 9.84. The fraction of sp³-hybridized carbons (Fsp3) is 0. The van der Waals surface area contributed by atoms with Crippen LogP contribution in [0.2, 0.25) is 0 Å². The molecule has 3 aromatic heterocycles. The van der Waals surface area contributed by atoms with Gasteiger partial charge in [-0.2, -0.15) is 0 Å². The minimum atomic E-state index is 0.881. The summed E-state index contributed by atoms with van der Waals surface area (Å²) < 4.78 is 2.29. The van der Waals surface area contributed by atoms with E-state index in [0.717, 1.165) is 55.0 Å². The Hall–Kier alpha value is -7.88. The first-order chi connectivity index (χ1) is 29.2. The lowest BCUT2D eigenvalue weighted by Gasteiger charge is -2.19. The van der Waals surface area contributed by atoms with Gasteiger partial charge in [-0.05, 0) is 131 Å². The molecule has 10 aromatic carbocycles. The fourth-order valence-corrected chi connectivity index (χ4v) is 9.72. The van der Waals surface area contributed by atoms with Crippen molar-refractivity contribution in [3.05, 3.63) is 200 Å². The maximum absolute atomic E-state index is 5.26. The molecule has 272 valence electrons. The summed E-state index contributed by atoms with van der Waals surface area (Å²) in [5, 5.41) is 13.3. The Labute approximate surface area is 339 Å². The molecule has 0 N–H and O–H groups in total. The highest BCUT2D eigenvalue weighted by Crippen LogP contribution is 2.46. The van der Waals surface area contributed by atoms with Gasteiger partial charge in [0.25, 0.3) is 0 Å². The highest BCUT2D eigenvalue weighted by molar-refractivity contribution is 6.23. The zero-order valence-electron chi connectivity index (χ0n) is 31.9. The number of hydrogen-bond donors (Lipinski definition) is 0. The Bertz CT molecular complexity index is 3910. The van der Waals surface area contributed by atoms with Crippen molar-refractivity contribution in [2.75, 3.05) is 0 Å². The van der Waals surface area contributed by atoms with E-state index in [4.69, 9.17) is 9.97 Å². The van der Waals surface area contributed by atoms with Gasteiger partial charge in [0.1, 0.15) is 5.52 Å². The number of para-hydroxylation sites is 3. The van der Waals surface area contributed by atoms with Crippen LogP contribution in [0.25, 0.3) is 126 Å². The summed E-state index contributed by atoms with van der Waals surface area (Å²) in [5.74, 6) is 0. The molecular formula is C56H33N3. The van der Waals surface area contributed by atoms with E-state index >= 15 is 0 Å². The molecule has 59 heavy (non-hydrogen) atoms. The van der Waals surface area contributed by atoms with Crippen LogP contribution in [0.5, 0.6) is 0 Å². The highest BCUT2D eigenvalue weighted by atomic mass is 15.0. The summed E-state index contributed by atoms with van der Waals surface area (Å²) in [5.41, 5.74) is 13.2. The zero-order chi connectivity index (χ0) is 38.6. The Kier molecular flexibility index (Phi) is 6.72. The topological polar surface area (TPSA) is 30.2 Å². The number of fused-ring (bicyclic) bond motifs is 13. The Morgan fingerprint density at radius 3 is 1.53 bits per heavy atom. The minimum Gasteiger partial charge on any atom is -0.290 e. The monoisotopic (exact) mass is 747 g/mol. The van der Waals surface area contributed by atoms with Gasteiger partial charge in [-0.1, -0.05) is 146 Å². The van der Waals surface area contributed by atoms with E-state index < -0.39 is 0 Å². The standard InChI is InChI=1S/C56H33N3/c1-3-13-36-29-41(23-21-34(36)11-1)53-43-16-6-7-17-44(43)54(42-24-22-35-12-2-4-14-37(35)30-42)47-32-38(25-27-45(47)53)39-26-28-51-46(31-39)48-33-40-15-5-8-18-49(40)57-55(48)56-58-50-19-9-10-20-52(50)59(51)56/h1-33H. The number of hydrogen-bond acceptors (Lipinski definition) is 2. The van der Waals surface area contributed by atoms with Crippen LogP contribution in [0.4, 0.5) is 0 Å². The maximum Gasteiger partial charge on any atom is 0.165 e. The summed E-state index contributed by atoms with van der Waals surface area (Å²) in [6.45, 7) is 0. The third-order valence-electron chi connectivity index (χ3n) is 12.5. The molecule has 0 aliphatic heterocycles. The van der Waals surface area contributed by atoms with Crippen LogP contribution >= 0.6 is 0 Å². The van der Waals surface area contributed by atoms with Crippen LogP contribution in [0.1, 0.15) is 0 Å². The van der Waals surface area contributed by atoms with Crippen molar-refractivity contribution in [3.8, 4) is 33.4 Å². The van der Waals surface area contributed by atoms with Crippen molar-refractivity contribution >= 4 is 92.5 Å². The summed E-state index contributed by atoms with van der Waals surface area (Å²) >= 11 is 0. The molecule has 0 saturated carbocycles. The van der Waals surface area contributed by atoms with Gasteiger partial charge in [0.15, 0.2) is 5.65 Å². The first-order valence-electron chi connectivity index (χ1n) is 20.2. The van der Waals surface area contributed by atoms with Crippen LogP contribution in [0.15, 0.2) is 200 Å². The minimum absolute atomic E-state index is 0.881. The summed E-state index contributed by atoms with van der Waals surface area (Å²) in [7, 11) is 0. The fourth-order valence-electron chi connectivity index (χ4n) is 9.72. The van der Waals surface area contributed by atoms with Gasteiger partial charge in [0.05, 0.1) is 22.1 Å². The summed E-state index contributed by atoms with van der Waals surface area (Å²) in [6.07, 6.45) is 0. The third kappa shape index (κ3) is 4.82. The third-order valence-corrected chi connectivity index (χ3v) is 12.5. The van der Waals surface area contributed by atoms with E-state index in [1.54, 1.807) is 0 Å². The van der Waals surface area contributed by atoms with Gasteiger partial charge < -0.3 is 0 Å². The van der Waals surface area contributed by atoms with E-state index in [1.807, 2.05) is 0 Å². The zero-order valence-corrected chi connectivity index (χ0v) is 31.9. The Morgan fingerprint density at radius 2 is 0.814 bits per heavy atom. The van der Waals surface area contributed by atoms with Crippen LogP contribution in [-0.4, -0.2) is 14.4 Å². The largest absolute Gasteiger partial charge is 0.290 e. The van der Waals surface area contributed by atoms with Gasteiger partial charge in [-0.3, -0.25) is 4.40 Å². The summed E-state index contributed by atoms with van der Waals surface area (Å²) in [4.78, 5) is 10.4. The van der Waals surface area contributed by atoms with Crippen LogP contribution < -0.4 is 0 Å². The maximum atomic E-state index is 5.26. The van der Waals surface area contributed by atoms with Gasteiger partial charge >= 0.3 is 0 Å². The average Bonchev–Trinajstić information content (AvgIpc) is 3.70. The SMILES string of the molecule is c1ccc2cc(-c3c4ccccc4c(-c4ccc5ccccc5c4)c4cc(-c5ccc6c(c5)c5cc7ccccc7nc5c5nc7ccccc7n65)ccc34)ccc2c1. The second-order valence-corrected chi connectivity index (χ2v) is 15.7. The molecular weight excluding hydrogens is 715 g/mol. The van der Waals surface area contributed by atoms with Crippen molar-refractivity contribution in [3.63, 3.8) is 0 Å². The molecule has 0 amide bonds. The normalized spacial score (nSPS) is 12.1. The smallest absolute Gasteiger partial charge is 0.165 e. The van der Waals surface area contributed by atoms with Gasteiger partial charge in [0.2, 0.25) is 0 Å². The first-order valence-corrected chi connectivity index (χ1v) is 20.2. The van der Waals surface area contributed by atoms with Gasteiger partial charge in [0, 0.05) is 16.2 Å². The number of benzene rings is 10. The molecule has 3 heteroatoms. The number of pyridine rings is 2. The van der Waals surface area contributed by atoms with Crippen molar-refractivity contribution in [1.29, 1.82) is 0 Å². The van der Waals surface area contributed by atoms with Crippen molar-refractivity contribution in [1.82, 2.24) is 14.4 Å². The molecule has 3 heterocycles. The molecule has 0 unspecified atom stereocenters. The molecule has 0 aliphatic carbocycles. The van der Waals surface area contributed by atoms with E-state index in [1.165, 1.54) is 70.9 Å². The van der Waals surface area contributed by atoms with E-state index in [-0.39, 0.29) is 0 Å². The molecule has 0 radical (unpaired) electrons. The molecule has 0 saturated heterocycles. The van der Waals surface area contributed by atoms with Gasteiger partial charge in [-0.25, -0.2) is 9.97 Å². The molecule has 13 aromatic rings. The Morgan fingerprint density at radius 1 is 0.288 bits per heavy atom. The number of aromatic nitrogens is 3. The molecule has 0 fully saturated rings. The second kappa shape index (κ2) is 12.3. The predicted octanol–water partition coefficient (Wildman–Crippen LogP) is 15.0. The lowest BCUT2D eigenvalue weighted by Crippen LogP contribution is -1.95. The molecule has 0 spiro atoms. The van der Waals surface area contributed by atoms with Crippen molar-refractivity contribution in [2.45, 2.75) is 0 Å². The average molecular weight is 748 g/mol. The van der Waals surface area contributed by atoms with Crippen molar-refractivity contribution < 1.29 is 0 Å².